The standard InChI is InChI=1S/C15H16N2O4/c1-9(18)11-3-5-13(6-4-11)20-8-12-7-14(15(19)17-16)21-10(12)2/h3-7H,8,16H2,1-2H3,(H,17,19). The second kappa shape index (κ2) is 6.23. The molecule has 1 aromatic heterocycles. The number of ketones is 1. The number of hydrazine groups is 1. The van der Waals surface area contributed by atoms with Gasteiger partial charge in [0.25, 0.3) is 0 Å². The number of hydrogen-bond acceptors (Lipinski definition) is 5. The average molecular weight is 288 g/mol. The number of rotatable bonds is 5. The maximum absolute atomic E-state index is 11.4. The molecule has 2 aromatic rings. The number of nitrogen functional groups attached to an aromatic ring is 1. The average Bonchev–Trinajstić information content (AvgIpc) is 2.86. The van der Waals surface area contributed by atoms with E-state index in [0.717, 1.165) is 5.56 Å². The van der Waals surface area contributed by atoms with Gasteiger partial charge in [0.2, 0.25) is 0 Å². The van der Waals surface area contributed by atoms with Crippen molar-refractivity contribution in [3.8, 4) is 5.75 Å². The normalized spacial score (nSPS) is 10.2. The van der Waals surface area contributed by atoms with Crippen molar-refractivity contribution < 1.29 is 18.7 Å². The van der Waals surface area contributed by atoms with Crippen LogP contribution in [-0.2, 0) is 6.61 Å². The van der Waals surface area contributed by atoms with Crippen LogP contribution in [0.4, 0.5) is 0 Å². The predicted octanol–water partition coefficient (Wildman–Crippen LogP) is 1.97. The third-order valence-corrected chi connectivity index (χ3v) is 3.03. The van der Waals surface area contributed by atoms with E-state index in [1.54, 1.807) is 37.3 Å². The topological polar surface area (TPSA) is 94.6 Å². The fraction of sp³-hybridized carbons (Fsp3) is 0.200. The van der Waals surface area contributed by atoms with Crippen LogP contribution in [0.3, 0.4) is 0 Å². The summed E-state index contributed by atoms with van der Waals surface area (Å²) in [7, 11) is 0. The van der Waals surface area contributed by atoms with Gasteiger partial charge in [0.15, 0.2) is 11.5 Å². The fourth-order valence-corrected chi connectivity index (χ4v) is 1.79. The van der Waals surface area contributed by atoms with E-state index in [2.05, 4.69) is 0 Å². The molecule has 0 bridgehead atoms. The van der Waals surface area contributed by atoms with Gasteiger partial charge in [-0.3, -0.25) is 15.0 Å². The van der Waals surface area contributed by atoms with Crippen LogP contribution in [-0.4, -0.2) is 11.7 Å². The van der Waals surface area contributed by atoms with Crippen molar-refractivity contribution in [1.29, 1.82) is 0 Å². The number of carbonyl (C=O) groups is 2. The van der Waals surface area contributed by atoms with Crippen molar-refractivity contribution in [1.82, 2.24) is 5.43 Å². The SMILES string of the molecule is CC(=O)c1ccc(OCc2cc(C(=O)NN)oc2C)cc1. The first kappa shape index (κ1) is 14.8. The Bertz CT molecular complexity index is 659. The van der Waals surface area contributed by atoms with Crippen molar-refractivity contribution in [3.63, 3.8) is 0 Å². The van der Waals surface area contributed by atoms with Crippen LogP contribution in [0, 0.1) is 6.92 Å². The number of furan rings is 1. The Labute approximate surface area is 121 Å². The second-order valence-corrected chi connectivity index (χ2v) is 4.53. The zero-order valence-corrected chi connectivity index (χ0v) is 11.8. The summed E-state index contributed by atoms with van der Waals surface area (Å²) in [6.45, 7) is 3.51. The molecule has 1 heterocycles. The van der Waals surface area contributed by atoms with E-state index in [1.807, 2.05) is 5.43 Å². The Hall–Kier alpha value is -2.60. The van der Waals surface area contributed by atoms with Crippen molar-refractivity contribution in [3.05, 3.63) is 53.0 Å². The lowest BCUT2D eigenvalue weighted by atomic mass is 10.1. The first-order chi connectivity index (χ1) is 10.0. The molecular weight excluding hydrogens is 272 g/mol. The van der Waals surface area contributed by atoms with E-state index in [9.17, 15) is 9.59 Å². The van der Waals surface area contributed by atoms with Gasteiger partial charge in [-0.25, -0.2) is 5.84 Å². The minimum atomic E-state index is -0.491. The molecule has 0 fully saturated rings. The zero-order chi connectivity index (χ0) is 15.4. The Morgan fingerprint density at radius 2 is 1.95 bits per heavy atom. The summed E-state index contributed by atoms with van der Waals surface area (Å²) in [4.78, 5) is 22.5. The third-order valence-electron chi connectivity index (χ3n) is 3.03. The van der Waals surface area contributed by atoms with Crippen LogP contribution in [0.25, 0.3) is 0 Å². The summed E-state index contributed by atoms with van der Waals surface area (Å²) >= 11 is 0. The molecule has 21 heavy (non-hydrogen) atoms. The summed E-state index contributed by atoms with van der Waals surface area (Å²) in [5, 5.41) is 0. The smallest absolute Gasteiger partial charge is 0.300 e. The van der Waals surface area contributed by atoms with E-state index >= 15 is 0 Å². The molecule has 0 aliphatic rings. The first-order valence-electron chi connectivity index (χ1n) is 6.35. The minimum absolute atomic E-state index is 0.00432. The highest BCUT2D eigenvalue weighted by molar-refractivity contribution is 5.94. The number of benzene rings is 1. The van der Waals surface area contributed by atoms with Crippen molar-refractivity contribution >= 4 is 11.7 Å². The van der Waals surface area contributed by atoms with Crippen molar-refractivity contribution in [2.24, 2.45) is 5.84 Å². The maximum atomic E-state index is 11.4. The molecule has 0 atom stereocenters. The van der Waals surface area contributed by atoms with Crippen molar-refractivity contribution in [2.75, 3.05) is 0 Å². The van der Waals surface area contributed by atoms with E-state index in [0.29, 0.717) is 17.1 Å². The van der Waals surface area contributed by atoms with Gasteiger partial charge in [0.05, 0.1) is 0 Å². The van der Waals surface area contributed by atoms with Crippen LogP contribution in [0.5, 0.6) is 5.75 Å². The summed E-state index contributed by atoms with van der Waals surface area (Å²) in [5.74, 6) is 5.92. The van der Waals surface area contributed by atoms with Crippen molar-refractivity contribution in [2.45, 2.75) is 20.5 Å². The Morgan fingerprint density at radius 3 is 2.52 bits per heavy atom. The zero-order valence-electron chi connectivity index (χ0n) is 11.8. The number of aryl methyl sites for hydroxylation is 1. The molecular formula is C15H16N2O4. The largest absolute Gasteiger partial charge is 0.489 e. The number of ether oxygens (including phenoxy) is 1. The number of nitrogens with one attached hydrogen (secondary N) is 1. The molecule has 0 aliphatic carbocycles. The monoisotopic (exact) mass is 288 g/mol. The molecule has 0 spiro atoms. The van der Waals surface area contributed by atoms with Gasteiger partial charge in [-0.05, 0) is 44.2 Å². The number of Topliss-reactive ketones (excluding diaryl/α,β-unsaturated/α-hetero) is 1. The highest BCUT2D eigenvalue weighted by Crippen LogP contribution is 2.19. The molecule has 0 unspecified atom stereocenters. The molecule has 0 saturated heterocycles. The number of hydrogen-bond donors (Lipinski definition) is 2. The molecule has 0 saturated carbocycles. The maximum Gasteiger partial charge on any atom is 0.300 e. The molecule has 2 rings (SSSR count). The molecule has 0 aliphatic heterocycles. The van der Waals surface area contributed by atoms with Crippen LogP contribution >= 0.6 is 0 Å². The quantitative estimate of drug-likeness (QED) is 0.379. The molecule has 1 amide bonds. The minimum Gasteiger partial charge on any atom is -0.489 e. The van der Waals surface area contributed by atoms with Crippen LogP contribution in [0.1, 0.15) is 39.2 Å². The molecule has 110 valence electrons. The van der Waals surface area contributed by atoms with Gasteiger partial charge in [-0.2, -0.15) is 0 Å². The summed E-state index contributed by atoms with van der Waals surface area (Å²) in [6.07, 6.45) is 0. The first-order valence-corrected chi connectivity index (χ1v) is 6.35. The third kappa shape index (κ3) is 3.49. The highest BCUT2D eigenvalue weighted by atomic mass is 16.5. The van der Waals surface area contributed by atoms with Gasteiger partial charge in [-0.1, -0.05) is 0 Å². The van der Waals surface area contributed by atoms with E-state index < -0.39 is 5.91 Å². The summed E-state index contributed by atoms with van der Waals surface area (Å²) in [6, 6.07) is 8.43. The Morgan fingerprint density at radius 1 is 1.29 bits per heavy atom. The van der Waals surface area contributed by atoms with Gasteiger partial charge in [0.1, 0.15) is 18.1 Å². The molecule has 6 heteroatoms. The molecule has 1 aromatic carbocycles. The number of amides is 1. The Kier molecular flexibility index (Phi) is 4.39. The number of carbonyl (C=O) groups excluding carboxylic acids is 2. The molecule has 0 radical (unpaired) electrons. The predicted molar refractivity (Wildman–Crippen MR) is 75.9 cm³/mol. The summed E-state index contributed by atoms with van der Waals surface area (Å²) in [5.41, 5.74) is 3.39. The summed E-state index contributed by atoms with van der Waals surface area (Å²) < 4.78 is 10.9. The van der Waals surface area contributed by atoms with E-state index in [1.165, 1.54) is 6.92 Å². The van der Waals surface area contributed by atoms with Gasteiger partial charge in [0, 0.05) is 11.1 Å². The van der Waals surface area contributed by atoms with Gasteiger partial charge >= 0.3 is 5.91 Å². The van der Waals surface area contributed by atoms with Gasteiger partial charge in [-0.15, -0.1) is 0 Å². The molecule has 6 nitrogen and oxygen atoms in total. The second-order valence-electron chi connectivity index (χ2n) is 4.53. The number of nitrogens with two attached hydrogens (primary N) is 1. The highest BCUT2D eigenvalue weighted by Gasteiger charge is 2.13. The lowest BCUT2D eigenvalue weighted by Gasteiger charge is -2.05. The lowest BCUT2D eigenvalue weighted by molar-refractivity contribution is 0.0924. The van der Waals surface area contributed by atoms with E-state index in [4.69, 9.17) is 15.0 Å². The van der Waals surface area contributed by atoms with Crippen LogP contribution in [0.2, 0.25) is 0 Å². The van der Waals surface area contributed by atoms with Gasteiger partial charge < -0.3 is 9.15 Å². The van der Waals surface area contributed by atoms with Crippen LogP contribution < -0.4 is 16.0 Å². The van der Waals surface area contributed by atoms with E-state index in [-0.39, 0.29) is 18.2 Å². The lowest BCUT2D eigenvalue weighted by Crippen LogP contribution is -2.29. The van der Waals surface area contributed by atoms with Crippen LogP contribution in [0.15, 0.2) is 34.7 Å². The fourth-order valence-electron chi connectivity index (χ4n) is 1.79. The molecule has 3 N–H and O–H groups in total. The Balaban J connectivity index is 2.04.